The van der Waals surface area contributed by atoms with Crippen molar-refractivity contribution in [1.29, 1.82) is 0 Å². The zero-order valence-electron chi connectivity index (χ0n) is 16.8. The number of aliphatic carboxylic acids is 1. The molecule has 32 heavy (non-hydrogen) atoms. The second kappa shape index (κ2) is 8.38. The minimum Gasteiger partial charge on any atom is -0.479 e. The highest BCUT2D eigenvalue weighted by atomic mass is 32.2. The third-order valence-corrected chi connectivity index (χ3v) is 7.24. The molecule has 3 aromatic carbocycles. The van der Waals surface area contributed by atoms with Gasteiger partial charge in [0.25, 0.3) is 0 Å². The summed E-state index contributed by atoms with van der Waals surface area (Å²) >= 11 is 0. The summed E-state index contributed by atoms with van der Waals surface area (Å²) in [6.07, 6.45) is -0.566. The van der Waals surface area contributed by atoms with Crippen molar-refractivity contribution < 1.29 is 27.8 Å². The van der Waals surface area contributed by atoms with Crippen molar-refractivity contribution in [2.45, 2.75) is 16.2 Å². The lowest BCUT2D eigenvalue weighted by atomic mass is 10.1. The zero-order chi connectivity index (χ0) is 22.8. The van der Waals surface area contributed by atoms with Crippen LogP contribution in [0.4, 0.5) is 0 Å². The van der Waals surface area contributed by atoms with E-state index in [2.05, 4.69) is 11.8 Å². The minimum atomic E-state index is -4.43. The Morgan fingerprint density at radius 2 is 1.62 bits per heavy atom. The highest BCUT2D eigenvalue weighted by molar-refractivity contribution is 7.93. The van der Waals surface area contributed by atoms with Gasteiger partial charge in [0.1, 0.15) is 0 Å². The normalized spacial score (nSPS) is 14.2. The molecule has 1 aliphatic rings. The Morgan fingerprint density at radius 1 is 0.969 bits per heavy atom. The van der Waals surface area contributed by atoms with Gasteiger partial charge < -0.3 is 20.3 Å². The Balaban J connectivity index is 1.61. The van der Waals surface area contributed by atoms with Gasteiger partial charge in [-0.3, -0.25) is 0 Å². The van der Waals surface area contributed by atoms with Crippen LogP contribution in [-0.2, 0) is 14.6 Å². The number of hydrogen-bond acceptors (Lipinski definition) is 6. The molecular formula is C24H19NO6S. The number of hydrogen-bond donors (Lipinski definition) is 2. The molecule has 7 nitrogen and oxygen atoms in total. The van der Waals surface area contributed by atoms with Gasteiger partial charge in [-0.05, 0) is 47.5 Å². The number of benzene rings is 3. The monoisotopic (exact) mass is 449 g/mol. The molecule has 1 unspecified atom stereocenters. The number of carbonyl (C=O) groups is 1. The first-order valence-electron chi connectivity index (χ1n) is 9.62. The molecule has 0 aliphatic carbocycles. The molecule has 1 aliphatic heterocycles. The zero-order valence-corrected chi connectivity index (χ0v) is 17.6. The fourth-order valence-electron chi connectivity index (χ4n) is 3.20. The highest BCUT2D eigenvalue weighted by Crippen LogP contribution is 2.36. The molecule has 0 amide bonds. The Kier molecular flexibility index (Phi) is 5.61. The second-order valence-electron chi connectivity index (χ2n) is 7.14. The van der Waals surface area contributed by atoms with Gasteiger partial charge in [-0.15, -0.1) is 0 Å². The Bertz CT molecular complexity index is 1320. The van der Waals surface area contributed by atoms with Crippen LogP contribution in [0.5, 0.6) is 11.5 Å². The number of rotatable bonds is 5. The van der Waals surface area contributed by atoms with Crippen molar-refractivity contribution >= 4 is 15.8 Å². The fraction of sp³-hybridized carbons (Fsp3) is 0.125. The molecule has 3 aromatic rings. The van der Waals surface area contributed by atoms with Crippen LogP contribution >= 0.6 is 0 Å². The van der Waals surface area contributed by atoms with Crippen molar-refractivity contribution in [2.24, 2.45) is 5.73 Å². The molecule has 4 rings (SSSR count). The first-order valence-corrected chi connectivity index (χ1v) is 11.1. The van der Waals surface area contributed by atoms with Gasteiger partial charge in [0.05, 0.1) is 11.3 Å². The first kappa shape index (κ1) is 21.4. The molecule has 162 valence electrons. The third kappa shape index (κ3) is 3.91. The van der Waals surface area contributed by atoms with Crippen LogP contribution in [0.15, 0.2) is 77.7 Å². The van der Waals surface area contributed by atoms with Gasteiger partial charge in [-0.1, -0.05) is 48.2 Å². The van der Waals surface area contributed by atoms with E-state index in [1.165, 1.54) is 12.1 Å². The highest BCUT2D eigenvalue weighted by Gasteiger charge is 2.48. The van der Waals surface area contributed by atoms with Crippen LogP contribution in [0, 0.1) is 11.8 Å². The first-order chi connectivity index (χ1) is 15.3. The summed E-state index contributed by atoms with van der Waals surface area (Å²) in [5, 5.41) is 9.65. The van der Waals surface area contributed by atoms with E-state index in [9.17, 15) is 18.3 Å². The lowest BCUT2D eigenvalue weighted by Gasteiger charge is -2.22. The molecule has 1 heterocycles. The molecule has 0 aromatic heterocycles. The fourth-order valence-corrected chi connectivity index (χ4v) is 4.60. The summed E-state index contributed by atoms with van der Waals surface area (Å²) in [4.78, 5) is 9.09. The van der Waals surface area contributed by atoms with Gasteiger partial charge in [-0.25, -0.2) is 13.2 Å². The standard InChI is InChI=1S/C24H19NO6S/c25-24(23(26)27,14-4-7-17-5-2-1-3-6-17)32(28,29)20-11-8-18(9-12-20)19-10-13-21-22(15-19)31-16-30-21/h1-3,5-6,8-13,15H,14,16,25H2,(H,26,27). The quantitative estimate of drug-likeness (QED) is 0.575. The van der Waals surface area contributed by atoms with E-state index in [1.807, 2.05) is 12.1 Å². The molecule has 1 atom stereocenters. The maximum Gasteiger partial charge on any atom is 0.340 e. The predicted molar refractivity (Wildman–Crippen MR) is 118 cm³/mol. The van der Waals surface area contributed by atoms with Crippen LogP contribution in [0.25, 0.3) is 11.1 Å². The van der Waals surface area contributed by atoms with Crippen LogP contribution in [0.3, 0.4) is 0 Å². The lowest BCUT2D eigenvalue weighted by molar-refractivity contribution is -0.139. The number of carboxylic acids is 1. The third-order valence-electron chi connectivity index (χ3n) is 5.07. The van der Waals surface area contributed by atoms with Gasteiger partial charge in [0, 0.05) is 5.56 Å². The Labute approximate surface area is 185 Å². The molecule has 0 saturated heterocycles. The van der Waals surface area contributed by atoms with E-state index in [4.69, 9.17) is 15.2 Å². The van der Waals surface area contributed by atoms with E-state index in [1.54, 1.807) is 48.5 Å². The molecule has 0 spiro atoms. The smallest absolute Gasteiger partial charge is 0.340 e. The number of ether oxygens (including phenoxy) is 2. The van der Waals surface area contributed by atoms with Gasteiger partial charge >= 0.3 is 5.97 Å². The van der Waals surface area contributed by atoms with E-state index < -0.39 is 27.1 Å². The van der Waals surface area contributed by atoms with E-state index >= 15 is 0 Å². The molecule has 0 bridgehead atoms. The van der Waals surface area contributed by atoms with Gasteiger partial charge in [-0.2, -0.15) is 0 Å². The molecule has 3 N–H and O–H groups in total. The number of fused-ring (bicyclic) bond motifs is 1. The number of nitrogens with two attached hydrogens (primary N) is 1. The van der Waals surface area contributed by atoms with Crippen molar-refractivity contribution in [2.75, 3.05) is 6.79 Å². The molecule has 8 heteroatoms. The van der Waals surface area contributed by atoms with E-state index in [-0.39, 0.29) is 11.7 Å². The van der Waals surface area contributed by atoms with Crippen LogP contribution < -0.4 is 15.2 Å². The van der Waals surface area contributed by atoms with Crippen molar-refractivity contribution in [1.82, 2.24) is 0 Å². The molecular weight excluding hydrogens is 430 g/mol. The molecule has 0 saturated carbocycles. The van der Waals surface area contributed by atoms with Gasteiger partial charge in [0.2, 0.25) is 21.5 Å². The second-order valence-corrected chi connectivity index (χ2v) is 9.34. The van der Waals surface area contributed by atoms with Gasteiger partial charge in [0.15, 0.2) is 11.5 Å². The average Bonchev–Trinajstić information content (AvgIpc) is 3.27. The lowest BCUT2D eigenvalue weighted by Crippen LogP contribution is -2.54. The van der Waals surface area contributed by atoms with Crippen LogP contribution in [0.1, 0.15) is 12.0 Å². The summed E-state index contributed by atoms with van der Waals surface area (Å²) < 4.78 is 36.9. The van der Waals surface area contributed by atoms with Crippen molar-refractivity contribution in [3.05, 3.63) is 78.4 Å². The number of sulfone groups is 1. The van der Waals surface area contributed by atoms with Crippen LogP contribution in [0.2, 0.25) is 0 Å². The largest absolute Gasteiger partial charge is 0.479 e. The average molecular weight is 449 g/mol. The Morgan fingerprint density at radius 3 is 2.31 bits per heavy atom. The maximum absolute atomic E-state index is 13.1. The summed E-state index contributed by atoms with van der Waals surface area (Å²) in [5.74, 6) is 4.92. The summed E-state index contributed by atoms with van der Waals surface area (Å²) in [6.45, 7) is 0.150. The molecule has 0 fully saturated rings. The van der Waals surface area contributed by atoms with Crippen LogP contribution in [-0.4, -0.2) is 31.2 Å². The predicted octanol–water partition coefficient (Wildman–Crippen LogP) is 3.04. The van der Waals surface area contributed by atoms with Crippen molar-refractivity contribution in [3.63, 3.8) is 0 Å². The summed E-state index contributed by atoms with van der Waals surface area (Å²) in [5.41, 5.74) is 8.06. The Hall–Kier alpha value is -3.80. The topological polar surface area (TPSA) is 116 Å². The van der Waals surface area contributed by atoms with E-state index in [0.717, 1.165) is 11.1 Å². The molecule has 0 radical (unpaired) electrons. The maximum atomic E-state index is 13.1. The minimum absolute atomic E-state index is 0.150. The SMILES string of the molecule is NC(CC#Cc1ccccc1)(C(=O)O)S(=O)(=O)c1ccc(-c2ccc3c(c2)OCO3)cc1. The van der Waals surface area contributed by atoms with Crippen molar-refractivity contribution in [3.8, 4) is 34.5 Å². The summed E-state index contributed by atoms with van der Waals surface area (Å²) in [6, 6.07) is 20.0. The van der Waals surface area contributed by atoms with E-state index in [0.29, 0.717) is 17.1 Å². The summed E-state index contributed by atoms with van der Waals surface area (Å²) in [7, 11) is -4.43. The number of carboxylic acid groups (broad SMARTS) is 1.